The molecule has 2 amide bonds. The number of amides is 2. The number of carbonyl (C=O) groups is 2. The molecule has 1 aromatic rings. The van der Waals surface area contributed by atoms with E-state index in [2.05, 4.69) is 29.2 Å². The molecule has 5 heteroatoms. The van der Waals surface area contributed by atoms with E-state index in [9.17, 15) is 9.59 Å². The maximum absolute atomic E-state index is 12.2. The van der Waals surface area contributed by atoms with E-state index in [1.807, 2.05) is 11.0 Å². The molecule has 5 nitrogen and oxygen atoms in total. The largest absolute Gasteiger partial charge is 0.369 e. The highest BCUT2D eigenvalue weighted by Crippen LogP contribution is 2.11. The lowest BCUT2D eigenvalue weighted by Crippen LogP contribution is -2.35. The number of nitrogens with two attached hydrogens (primary N) is 1. The molecule has 0 saturated carbocycles. The molecule has 1 aliphatic heterocycles. The van der Waals surface area contributed by atoms with Crippen molar-refractivity contribution in [3.8, 4) is 0 Å². The third kappa shape index (κ3) is 5.67. The molecule has 1 fully saturated rings. The SMILES string of the molecule is C[C@@H](C[CH]C(=O)N1CCCN(Cc2ccccc2)CC1)C(N)=O. The van der Waals surface area contributed by atoms with Crippen LogP contribution in [0.4, 0.5) is 0 Å². The van der Waals surface area contributed by atoms with Gasteiger partial charge in [0.1, 0.15) is 0 Å². The van der Waals surface area contributed by atoms with Gasteiger partial charge in [0.05, 0.1) is 6.42 Å². The summed E-state index contributed by atoms with van der Waals surface area (Å²) in [4.78, 5) is 27.5. The summed E-state index contributed by atoms with van der Waals surface area (Å²) in [7, 11) is 0. The van der Waals surface area contributed by atoms with Crippen molar-refractivity contribution in [1.82, 2.24) is 9.80 Å². The average Bonchev–Trinajstić information content (AvgIpc) is 2.79. The van der Waals surface area contributed by atoms with Crippen molar-refractivity contribution in [1.29, 1.82) is 0 Å². The highest BCUT2D eigenvalue weighted by Gasteiger charge is 2.20. The van der Waals surface area contributed by atoms with Crippen molar-refractivity contribution < 1.29 is 9.59 Å². The first kappa shape index (κ1) is 17.5. The highest BCUT2D eigenvalue weighted by atomic mass is 16.2. The van der Waals surface area contributed by atoms with Crippen LogP contribution in [0.2, 0.25) is 0 Å². The Morgan fingerprint density at radius 1 is 1.17 bits per heavy atom. The molecular weight excluding hydrogens is 290 g/mol. The molecule has 0 unspecified atom stereocenters. The lowest BCUT2D eigenvalue weighted by atomic mass is 10.0. The highest BCUT2D eigenvalue weighted by molar-refractivity contribution is 5.86. The zero-order valence-electron chi connectivity index (χ0n) is 13.8. The third-order valence-electron chi connectivity index (χ3n) is 4.28. The lowest BCUT2D eigenvalue weighted by Gasteiger charge is -2.22. The number of nitrogens with zero attached hydrogens (tertiary/aromatic N) is 2. The smallest absolute Gasteiger partial charge is 0.226 e. The molecule has 1 heterocycles. The van der Waals surface area contributed by atoms with Gasteiger partial charge in [-0.15, -0.1) is 0 Å². The summed E-state index contributed by atoms with van der Waals surface area (Å²) in [6.45, 7) is 6.04. The molecule has 1 aromatic carbocycles. The van der Waals surface area contributed by atoms with Crippen molar-refractivity contribution in [2.75, 3.05) is 26.2 Å². The van der Waals surface area contributed by atoms with Gasteiger partial charge in [0.15, 0.2) is 0 Å². The standard InChI is InChI=1S/C18H26N3O2/c1-15(18(19)23)8-9-17(22)21-11-5-10-20(12-13-21)14-16-6-3-2-4-7-16/h2-4,6-7,9,15H,5,8,10-14H2,1H3,(H2,19,23)/t15-/m0/s1. The molecule has 2 N–H and O–H groups in total. The van der Waals surface area contributed by atoms with Crippen LogP contribution in [-0.4, -0.2) is 47.8 Å². The van der Waals surface area contributed by atoms with Crippen LogP contribution >= 0.6 is 0 Å². The first-order valence-corrected chi connectivity index (χ1v) is 8.24. The fourth-order valence-electron chi connectivity index (χ4n) is 2.71. The van der Waals surface area contributed by atoms with Crippen molar-refractivity contribution in [3.63, 3.8) is 0 Å². The first-order valence-electron chi connectivity index (χ1n) is 8.24. The van der Waals surface area contributed by atoms with Crippen LogP contribution in [0.3, 0.4) is 0 Å². The second kappa shape index (κ2) is 8.67. The Labute approximate surface area is 138 Å². The summed E-state index contributed by atoms with van der Waals surface area (Å²) >= 11 is 0. The van der Waals surface area contributed by atoms with Crippen molar-refractivity contribution in [3.05, 3.63) is 42.3 Å². The Morgan fingerprint density at radius 3 is 2.61 bits per heavy atom. The zero-order chi connectivity index (χ0) is 16.7. The van der Waals surface area contributed by atoms with Gasteiger partial charge in [0.25, 0.3) is 0 Å². The van der Waals surface area contributed by atoms with Crippen LogP contribution in [0, 0.1) is 12.3 Å². The Morgan fingerprint density at radius 2 is 1.91 bits per heavy atom. The van der Waals surface area contributed by atoms with E-state index in [0.29, 0.717) is 6.42 Å². The van der Waals surface area contributed by atoms with Crippen LogP contribution in [0.15, 0.2) is 30.3 Å². The first-order chi connectivity index (χ1) is 11.1. The molecule has 1 radical (unpaired) electrons. The Hall–Kier alpha value is -1.88. The third-order valence-corrected chi connectivity index (χ3v) is 4.28. The van der Waals surface area contributed by atoms with Crippen molar-refractivity contribution >= 4 is 11.8 Å². The van der Waals surface area contributed by atoms with Crippen LogP contribution in [0.1, 0.15) is 25.3 Å². The number of primary amides is 1. The van der Waals surface area contributed by atoms with Gasteiger partial charge in [-0.3, -0.25) is 14.5 Å². The van der Waals surface area contributed by atoms with Crippen LogP contribution in [0.5, 0.6) is 0 Å². The lowest BCUT2D eigenvalue weighted by molar-refractivity contribution is -0.127. The van der Waals surface area contributed by atoms with E-state index in [4.69, 9.17) is 5.73 Å². The summed E-state index contributed by atoms with van der Waals surface area (Å²) in [5.74, 6) is -0.640. The quantitative estimate of drug-likeness (QED) is 0.863. The second-order valence-corrected chi connectivity index (χ2v) is 6.18. The van der Waals surface area contributed by atoms with E-state index in [0.717, 1.165) is 39.1 Å². The molecular formula is C18H26N3O2. The van der Waals surface area contributed by atoms with E-state index in [1.165, 1.54) is 5.56 Å². The van der Waals surface area contributed by atoms with Gasteiger partial charge in [0.2, 0.25) is 11.8 Å². The summed E-state index contributed by atoms with van der Waals surface area (Å²) < 4.78 is 0. The number of rotatable bonds is 6. The van der Waals surface area contributed by atoms with E-state index in [1.54, 1.807) is 13.3 Å². The molecule has 0 aliphatic carbocycles. The Balaban J connectivity index is 1.79. The molecule has 0 aromatic heterocycles. The van der Waals surface area contributed by atoms with Gasteiger partial charge in [-0.1, -0.05) is 37.3 Å². The molecule has 23 heavy (non-hydrogen) atoms. The minimum absolute atomic E-state index is 0.0136. The summed E-state index contributed by atoms with van der Waals surface area (Å²) in [5, 5.41) is 0. The maximum atomic E-state index is 12.2. The maximum Gasteiger partial charge on any atom is 0.226 e. The number of benzene rings is 1. The molecule has 0 bridgehead atoms. The number of carbonyl (C=O) groups excluding carboxylic acids is 2. The van der Waals surface area contributed by atoms with Gasteiger partial charge >= 0.3 is 0 Å². The minimum Gasteiger partial charge on any atom is -0.369 e. The topological polar surface area (TPSA) is 66.6 Å². The summed E-state index contributed by atoms with van der Waals surface area (Å²) in [6, 6.07) is 10.4. The Kier molecular flexibility index (Phi) is 6.59. The van der Waals surface area contributed by atoms with Gasteiger partial charge in [-0.2, -0.15) is 0 Å². The molecule has 1 aliphatic rings. The number of hydrogen-bond donors (Lipinski definition) is 1. The number of hydrogen-bond acceptors (Lipinski definition) is 3. The van der Waals surface area contributed by atoms with E-state index < -0.39 is 0 Å². The van der Waals surface area contributed by atoms with Gasteiger partial charge in [0, 0.05) is 38.6 Å². The van der Waals surface area contributed by atoms with Gasteiger partial charge in [-0.25, -0.2) is 0 Å². The normalized spacial score (nSPS) is 17.5. The fraction of sp³-hybridized carbons (Fsp3) is 0.500. The Bertz CT molecular complexity index is 518. The van der Waals surface area contributed by atoms with Crippen LogP contribution < -0.4 is 5.73 Å². The molecule has 0 spiro atoms. The fourth-order valence-corrected chi connectivity index (χ4v) is 2.71. The molecule has 1 saturated heterocycles. The molecule has 2 rings (SSSR count). The average molecular weight is 316 g/mol. The van der Waals surface area contributed by atoms with Crippen molar-refractivity contribution in [2.24, 2.45) is 11.7 Å². The van der Waals surface area contributed by atoms with Crippen LogP contribution in [-0.2, 0) is 16.1 Å². The van der Waals surface area contributed by atoms with Gasteiger partial charge in [-0.05, 0) is 18.4 Å². The predicted molar refractivity (Wildman–Crippen MR) is 90.2 cm³/mol. The van der Waals surface area contributed by atoms with Gasteiger partial charge < -0.3 is 10.6 Å². The van der Waals surface area contributed by atoms with Crippen LogP contribution in [0.25, 0.3) is 0 Å². The van der Waals surface area contributed by atoms with Crippen molar-refractivity contribution in [2.45, 2.75) is 26.3 Å². The molecule has 125 valence electrons. The summed E-state index contributed by atoms with van der Waals surface area (Å²) in [5.41, 5.74) is 6.53. The zero-order valence-corrected chi connectivity index (χ0v) is 13.8. The van der Waals surface area contributed by atoms with E-state index >= 15 is 0 Å². The molecule has 1 atom stereocenters. The monoisotopic (exact) mass is 316 g/mol. The predicted octanol–water partition coefficient (Wildman–Crippen LogP) is 1.44. The van der Waals surface area contributed by atoms with E-state index in [-0.39, 0.29) is 17.7 Å². The minimum atomic E-state index is -0.362. The summed E-state index contributed by atoms with van der Waals surface area (Å²) in [6.07, 6.45) is 2.98. The second-order valence-electron chi connectivity index (χ2n) is 6.18.